The van der Waals surface area contributed by atoms with Crippen LogP contribution >= 0.6 is 15.9 Å². The van der Waals surface area contributed by atoms with Gasteiger partial charge in [0.05, 0.1) is 12.1 Å². The van der Waals surface area contributed by atoms with E-state index < -0.39 is 0 Å². The first kappa shape index (κ1) is 12.2. The normalized spacial score (nSPS) is 16.9. The minimum absolute atomic E-state index is 0.289. The minimum Gasteiger partial charge on any atom is -0.325 e. The molecule has 1 saturated heterocycles. The Morgan fingerprint density at radius 1 is 1.35 bits per heavy atom. The van der Waals surface area contributed by atoms with Crippen molar-refractivity contribution in [3.63, 3.8) is 0 Å². The number of nitrogens with two attached hydrogens (primary N) is 1. The molecule has 0 atom stereocenters. The third kappa shape index (κ3) is 1.90. The van der Waals surface area contributed by atoms with E-state index in [-0.39, 0.29) is 6.04 Å². The summed E-state index contributed by atoms with van der Waals surface area (Å²) in [5.41, 5.74) is 7.60. The summed E-state index contributed by atoms with van der Waals surface area (Å²) in [6.45, 7) is 2.58. The topological polar surface area (TPSA) is 72.3 Å². The van der Waals surface area contributed by atoms with Crippen LogP contribution in [-0.4, -0.2) is 43.6 Å². The van der Waals surface area contributed by atoms with Gasteiger partial charge < -0.3 is 5.73 Å². The van der Waals surface area contributed by atoms with Gasteiger partial charge in [-0.3, -0.25) is 4.90 Å². The van der Waals surface area contributed by atoms with Crippen LogP contribution in [0.1, 0.15) is 5.82 Å². The Labute approximate surface area is 123 Å². The SMILES string of the molecule is NC1CN(Cc2nc3ccc(Br)cc3c3ncnn23)C1. The zero-order valence-electron chi connectivity index (χ0n) is 10.7. The molecule has 2 N–H and O–H groups in total. The third-order valence-corrected chi connectivity index (χ3v) is 4.08. The summed E-state index contributed by atoms with van der Waals surface area (Å²) in [6, 6.07) is 6.30. The van der Waals surface area contributed by atoms with Gasteiger partial charge in [-0.15, -0.1) is 0 Å². The lowest BCUT2D eigenvalue weighted by atomic mass is 10.1. The van der Waals surface area contributed by atoms with Gasteiger partial charge in [-0.2, -0.15) is 9.61 Å². The van der Waals surface area contributed by atoms with Crippen LogP contribution in [-0.2, 0) is 6.54 Å². The van der Waals surface area contributed by atoms with Crippen LogP contribution in [0.4, 0.5) is 0 Å². The third-order valence-electron chi connectivity index (χ3n) is 3.59. The maximum absolute atomic E-state index is 5.82. The van der Waals surface area contributed by atoms with Crippen LogP contribution in [0.5, 0.6) is 0 Å². The number of hydrogen-bond donors (Lipinski definition) is 1. The summed E-state index contributed by atoms with van der Waals surface area (Å²) in [5.74, 6) is 0.902. The van der Waals surface area contributed by atoms with Crippen molar-refractivity contribution < 1.29 is 0 Å². The molecule has 0 unspecified atom stereocenters. The Morgan fingerprint density at radius 2 is 2.20 bits per heavy atom. The molecule has 20 heavy (non-hydrogen) atoms. The van der Waals surface area contributed by atoms with Crippen LogP contribution in [0.15, 0.2) is 29.0 Å². The van der Waals surface area contributed by atoms with Gasteiger partial charge in [0.1, 0.15) is 12.2 Å². The second kappa shape index (κ2) is 4.47. The number of halogens is 1. The molecular weight excluding hydrogens is 320 g/mol. The number of likely N-dealkylation sites (tertiary alicyclic amines) is 1. The quantitative estimate of drug-likeness (QED) is 0.763. The van der Waals surface area contributed by atoms with Gasteiger partial charge in [0, 0.05) is 29.0 Å². The Hall–Kier alpha value is -1.57. The molecule has 1 fully saturated rings. The maximum Gasteiger partial charge on any atom is 0.166 e. The van der Waals surface area contributed by atoms with Crippen molar-refractivity contribution in [3.8, 4) is 0 Å². The molecule has 3 heterocycles. The first-order chi connectivity index (χ1) is 9.70. The van der Waals surface area contributed by atoms with E-state index in [0.717, 1.165) is 46.5 Å². The zero-order valence-corrected chi connectivity index (χ0v) is 12.3. The van der Waals surface area contributed by atoms with Crippen LogP contribution in [0.25, 0.3) is 16.6 Å². The molecule has 0 aliphatic carbocycles. The van der Waals surface area contributed by atoms with Gasteiger partial charge in [-0.25, -0.2) is 9.97 Å². The number of aromatic nitrogens is 4. The van der Waals surface area contributed by atoms with E-state index in [1.54, 1.807) is 6.33 Å². The van der Waals surface area contributed by atoms with E-state index in [4.69, 9.17) is 10.7 Å². The zero-order chi connectivity index (χ0) is 13.7. The molecule has 0 amide bonds. The number of fused-ring (bicyclic) bond motifs is 3. The average molecular weight is 333 g/mol. The molecule has 0 saturated carbocycles. The molecule has 2 aromatic heterocycles. The van der Waals surface area contributed by atoms with E-state index in [1.165, 1.54) is 0 Å². The van der Waals surface area contributed by atoms with Gasteiger partial charge >= 0.3 is 0 Å². The Morgan fingerprint density at radius 3 is 3.00 bits per heavy atom. The molecule has 6 nitrogen and oxygen atoms in total. The second-order valence-electron chi connectivity index (χ2n) is 5.14. The lowest BCUT2D eigenvalue weighted by Gasteiger charge is -2.36. The van der Waals surface area contributed by atoms with Gasteiger partial charge in [0.25, 0.3) is 0 Å². The van der Waals surface area contributed by atoms with Crippen molar-refractivity contribution in [2.45, 2.75) is 12.6 Å². The summed E-state index contributed by atoms with van der Waals surface area (Å²) in [7, 11) is 0. The maximum atomic E-state index is 5.82. The molecular formula is C13H13BrN6. The van der Waals surface area contributed by atoms with Gasteiger partial charge in [0.15, 0.2) is 5.65 Å². The largest absolute Gasteiger partial charge is 0.325 e. The lowest BCUT2D eigenvalue weighted by molar-refractivity contribution is 0.137. The van der Waals surface area contributed by atoms with Crippen LogP contribution in [0, 0.1) is 0 Å². The molecule has 1 aliphatic rings. The summed E-state index contributed by atoms with van der Waals surface area (Å²) in [4.78, 5) is 11.3. The molecule has 3 aromatic rings. The summed E-state index contributed by atoms with van der Waals surface area (Å²) < 4.78 is 2.83. The fourth-order valence-electron chi connectivity index (χ4n) is 2.63. The second-order valence-corrected chi connectivity index (χ2v) is 6.05. The number of nitrogens with zero attached hydrogens (tertiary/aromatic N) is 5. The molecule has 4 rings (SSSR count). The highest BCUT2D eigenvalue weighted by Crippen LogP contribution is 2.23. The van der Waals surface area contributed by atoms with E-state index in [2.05, 4.69) is 30.9 Å². The molecule has 1 aliphatic heterocycles. The number of rotatable bonds is 2. The molecule has 0 bridgehead atoms. The Bertz CT molecular complexity index is 792. The first-order valence-corrected chi connectivity index (χ1v) is 7.26. The molecule has 0 spiro atoms. The Kier molecular flexibility index (Phi) is 2.73. The predicted molar refractivity (Wildman–Crippen MR) is 79.2 cm³/mol. The fraction of sp³-hybridized carbons (Fsp3) is 0.308. The highest BCUT2D eigenvalue weighted by atomic mass is 79.9. The van der Waals surface area contributed by atoms with Crippen molar-refractivity contribution in [1.29, 1.82) is 0 Å². The van der Waals surface area contributed by atoms with E-state index >= 15 is 0 Å². The van der Waals surface area contributed by atoms with Gasteiger partial charge in [0.2, 0.25) is 0 Å². The fourth-order valence-corrected chi connectivity index (χ4v) is 2.99. The van der Waals surface area contributed by atoms with Crippen molar-refractivity contribution >= 4 is 32.5 Å². The highest BCUT2D eigenvalue weighted by molar-refractivity contribution is 9.10. The molecule has 1 aromatic carbocycles. The van der Waals surface area contributed by atoms with E-state index in [9.17, 15) is 0 Å². The van der Waals surface area contributed by atoms with Crippen molar-refractivity contribution in [3.05, 3.63) is 34.8 Å². The smallest absolute Gasteiger partial charge is 0.166 e. The summed E-state index contributed by atoms with van der Waals surface area (Å²) >= 11 is 3.48. The standard InChI is InChI=1S/C13H13BrN6/c14-8-1-2-11-10(3-8)13-16-7-17-20(13)12(18-11)6-19-4-9(15)5-19/h1-3,7,9H,4-6,15H2. The highest BCUT2D eigenvalue weighted by Gasteiger charge is 2.24. The number of benzene rings is 1. The average Bonchev–Trinajstić information content (AvgIpc) is 2.87. The van der Waals surface area contributed by atoms with Crippen LogP contribution < -0.4 is 5.73 Å². The summed E-state index contributed by atoms with van der Waals surface area (Å²) in [5, 5.41) is 5.30. The first-order valence-electron chi connectivity index (χ1n) is 6.46. The summed E-state index contributed by atoms with van der Waals surface area (Å²) in [6.07, 6.45) is 1.57. The van der Waals surface area contributed by atoms with Crippen molar-refractivity contribution in [2.75, 3.05) is 13.1 Å². The van der Waals surface area contributed by atoms with E-state index in [1.807, 2.05) is 22.7 Å². The van der Waals surface area contributed by atoms with E-state index in [0.29, 0.717) is 0 Å². The van der Waals surface area contributed by atoms with Gasteiger partial charge in [-0.05, 0) is 18.2 Å². The molecule has 0 radical (unpaired) electrons. The Balaban J connectivity index is 1.86. The minimum atomic E-state index is 0.289. The molecule has 102 valence electrons. The van der Waals surface area contributed by atoms with Crippen LogP contribution in [0.3, 0.4) is 0 Å². The van der Waals surface area contributed by atoms with Gasteiger partial charge in [-0.1, -0.05) is 15.9 Å². The lowest BCUT2D eigenvalue weighted by Crippen LogP contribution is -2.55. The predicted octanol–water partition coefficient (Wildman–Crippen LogP) is 1.18. The van der Waals surface area contributed by atoms with Crippen LogP contribution in [0.2, 0.25) is 0 Å². The number of hydrogen-bond acceptors (Lipinski definition) is 5. The van der Waals surface area contributed by atoms with Crippen molar-refractivity contribution in [2.24, 2.45) is 5.73 Å². The monoisotopic (exact) mass is 332 g/mol. The van der Waals surface area contributed by atoms with Crippen molar-refractivity contribution in [1.82, 2.24) is 24.5 Å². The molecule has 7 heteroatoms.